The van der Waals surface area contributed by atoms with Crippen LogP contribution >= 0.6 is 0 Å². The fraction of sp³-hybridized carbons (Fsp3) is 0.0588. The third-order valence-electron chi connectivity index (χ3n) is 7.38. The smallest absolute Gasteiger partial charge is 0.000729 e. The van der Waals surface area contributed by atoms with E-state index >= 15 is 0 Å². The Morgan fingerprint density at radius 2 is 0.941 bits per heavy atom. The third kappa shape index (κ3) is 3.07. The Bertz CT molecular complexity index is 1690. The first-order chi connectivity index (χ1) is 16.8. The molecule has 0 heteroatoms. The molecule has 6 aromatic rings. The Morgan fingerprint density at radius 1 is 0.353 bits per heavy atom. The summed E-state index contributed by atoms with van der Waals surface area (Å²) < 4.78 is 0. The summed E-state index contributed by atoms with van der Waals surface area (Å²) in [5, 5.41) is 5.43. The first-order valence-electron chi connectivity index (χ1n) is 12.0. The zero-order chi connectivity index (χ0) is 22.5. The van der Waals surface area contributed by atoms with Gasteiger partial charge in [-0.3, -0.25) is 0 Å². The van der Waals surface area contributed by atoms with Gasteiger partial charge in [0.15, 0.2) is 0 Å². The highest BCUT2D eigenvalue weighted by Crippen LogP contribution is 2.40. The topological polar surface area (TPSA) is 0 Å². The fourth-order valence-corrected chi connectivity index (χ4v) is 5.73. The van der Waals surface area contributed by atoms with Crippen molar-refractivity contribution in [1.29, 1.82) is 0 Å². The minimum absolute atomic E-state index is 1.08. The molecule has 2 aliphatic rings. The first-order valence-corrected chi connectivity index (χ1v) is 12.0. The predicted octanol–water partition coefficient (Wildman–Crippen LogP) is 8.82. The molecule has 0 nitrogen and oxygen atoms in total. The van der Waals surface area contributed by atoms with Gasteiger partial charge in [0.2, 0.25) is 0 Å². The van der Waals surface area contributed by atoms with Gasteiger partial charge < -0.3 is 0 Å². The van der Waals surface area contributed by atoms with Crippen LogP contribution in [0.25, 0.3) is 43.8 Å². The molecule has 6 aromatic carbocycles. The molecular formula is C34H24. The van der Waals surface area contributed by atoms with E-state index in [0.29, 0.717) is 0 Å². The Balaban J connectivity index is 0.000000118. The number of hydrogen-bond donors (Lipinski definition) is 0. The highest BCUT2D eigenvalue weighted by Gasteiger charge is 2.19. The van der Waals surface area contributed by atoms with Gasteiger partial charge in [0.25, 0.3) is 0 Å². The maximum atomic E-state index is 2.34. The SMILES string of the molecule is c1ccc2c(c1)Cc1c-2ccc2ccccc12.c1ccc2c(c1)Cc1cc3ccccc3cc1-2. The lowest BCUT2D eigenvalue weighted by Gasteiger charge is -2.05. The standard InChI is InChI=1S/2C17H12/c1-3-7-14-12(5-1)9-10-16-15-8-4-2-6-13(15)11-17(14)16;1-2-6-13-11-17-15(9-12(13)5-1)10-14-7-3-4-8-16(14)17/h1-10H,11H2;1-9,11H,10H2. The molecule has 0 heterocycles. The maximum absolute atomic E-state index is 2.34. The molecule has 0 aliphatic heterocycles. The Morgan fingerprint density at radius 3 is 1.74 bits per heavy atom. The molecule has 0 radical (unpaired) electrons. The molecule has 34 heavy (non-hydrogen) atoms. The predicted molar refractivity (Wildman–Crippen MR) is 144 cm³/mol. The number of hydrogen-bond acceptors (Lipinski definition) is 0. The Labute approximate surface area is 200 Å². The van der Waals surface area contributed by atoms with Crippen molar-refractivity contribution < 1.29 is 0 Å². The molecular weight excluding hydrogens is 408 g/mol. The van der Waals surface area contributed by atoms with Crippen LogP contribution in [0.2, 0.25) is 0 Å². The minimum Gasteiger partial charge on any atom is -0.0619 e. The lowest BCUT2D eigenvalue weighted by atomic mass is 9.99. The number of benzene rings is 6. The van der Waals surface area contributed by atoms with Crippen molar-refractivity contribution in [2.75, 3.05) is 0 Å². The lowest BCUT2D eigenvalue weighted by molar-refractivity contribution is 1.27. The molecule has 0 aromatic heterocycles. The van der Waals surface area contributed by atoms with E-state index in [1.54, 1.807) is 0 Å². The van der Waals surface area contributed by atoms with Gasteiger partial charge in [0, 0.05) is 0 Å². The summed E-state index contributed by atoms with van der Waals surface area (Å²) in [6, 6.07) is 43.9. The van der Waals surface area contributed by atoms with Crippen LogP contribution in [0.15, 0.2) is 121 Å². The van der Waals surface area contributed by atoms with Crippen molar-refractivity contribution in [3.63, 3.8) is 0 Å². The number of rotatable bonds is 0. The molecule has 0 N–H and O–H groups in total. The van der Waals surface area contributed by atoms with Crippen LogP contribution in [0.3, 0.4) is 0 Å². The summed E-state index contributed by atoms with van der Waals surface area (Å²) in [5.41, 5.74) is 11.5. The molecule has 0 fully saturated rings. The van der Waals surface area contributed by atoms with E-state index in [-0.39, 0.29) is 0 Å². The van der Waals surface area contributed by atoms with Crippen LogP contribution < -0.4 is 0 Å². The average Bonchev–Trinajstić information content (AvgIpc) is 3.46. The van der Waals surface area contributed by atoms with Crippen LogP contribution in [-0.4, -0.2) is 0 Å². The molecule has 0 amide bonds. The van der Waals surface area contributed by atoms with E-state index in [0.717, 1.165) is 12.8 Å². The quantitative estimate of drug-likeness (QED) is 0.224. The first kappa shape index (κ1) is 19.3. The van der Waals surface area contributed by atoms with E-state index in [4.69, 9.17) is 0 Å². The normalized spacial score (nSPS) is 12.5. The van der Waals surface area contributed by atoms with Crippen LogP contribution in [0.5, 0.6) is 0 Å². The third-order valence-corrected chi connectivity index (χ3v) is 7.38. The van der Waals surface area contributed by atoms with Crippen molar-refractivity contribution >= 4 is 21.5 Å². The molecule has 0 saturated carbocycles. The Hall–Kier alpha value is -4.16. The maximum Gasteiger partial charge on any atom is -0.000729 e. The molecule has 0 saturated heterocycles. The summed E-state index contributed by atoms with van der Waals surface area (Å²) >= 11 is 0. The van der Waals surface area contributed by atoms with Gasteiger partial charge in [-0.05, 0) is 85.0 Å². The molecule has 0 atom stereocenters. The summed E-state index contributed by atoms with van der Waals surface area (Å²) in [5.74, 6) is 0. The molecule has 0 bridgehead atoms. The van der Waals surface area contributed by atoms with Crippen molar-refractivity contribution in [3.05, 3.63) is 144 Å². The van der Waals surface area contributed by atoms with Crippen molar-refractivity contribution in [1.82, 2.24) is 0 Å². The monoisotopic (exact) mass is 432 g/mol. The minimum atomic E-state index is 1.08. The number of fused-ring (bicyclic) bond motifs is 9. The average molecular weight is 433 g/mol. The van der Waals surface area contributed by atoms with Crippen LogP contribution in [0.4, 0.5) is 0 Å². The highest BCUT2D eigenvalue weighted by atomic mass is 14.2. The second-order valence-electron chi connectivity index (χ2n) is 9.34. The molecule has 8 rings (SSSR count). The van der Waals surface area contributed by atoms with Gasteiger partial charge in [-0.25, -0.2) is 0 Å². The van der Waals surface area contributed by atoms with Crippen LogP contribution in [0.1, 0.15) is 22.3 Å². The second-order valence-corrected chi connectivity index (χ2v) is 9.34. The Kier molecular flexibility index (Phi) is 4.38. The van der Waals surface area contributed by atoms with E-state index in [1.165, 1.54) is 66.1 Å². The van der Waals surface area contributed by atoms with E-state index in [9.17, 15) is 0 Å². The van der Waals surface area contributed by atoms with E-state index in [1.807, 2.05) is 0 Å². The van der Waals surface area contributed by atoms with Gasteiger partial charge >= 0.3 is 0 Å². The molecule has 0 spiro atoms. The molecule has 0 unspecified atom stereocenters. The zero-order valence-corrected chi connectivity index (χ0v) is 19.0. The van der Waals surface area contributed by atoms with Crippen LogP contribution in [0, 0.1) is 0 Å². The zero-order valence-electron chi connectivity index (χ0n) is 19.0. The van der Waals surface area contributed by atoms with Crippen molar-refractivity contribution in [2.24, 2.45) is 0 Å². The van der Waals surface area contributed by atoms with E-state index < -0.39 is 0 Å². The van der Waals surface area contributed by atoms with Gasteiger partial charge in [-0.2, -0.15) is 0 Å². The van der Waals surface area contributed by atoms with Gasteiger partial charge in [0.1, 0.15) is 0 Å². The summed E-state index contributed by atoms with van der Waals surface area (Å²) in [6.45, 7) is 0. The summed E-state index contributed by atoms with van der Waals surface area (Å²) in [7, 11) is 0. The van der Waals surface area contributed by atoms with Gasteiger partial charge in [-0.15, -0.1) is 0 Å². The fourth-order valence-electron chi connectivity index (χ4n) is 5.73. The van der Waals surface area contributed by atoms with E-state index in [2.05, 4.69) is 121 Å². The van der Waals surface area contributed by atoms with Crippen LogP contribution in [-0.2, 0) is 12.8 Å². The lowest BCUT2D eigenvalue weighted by Crippen LogP contribution is -1.83. The van der Waals surface area contributed by atoms with Crippen molar-refractivity contribution in [3.8, 4) is 22.3 Å². The highest BCUT2D eigenvalue weighted by molar-refractivity contribution is 5.95. The van der Waals surface area contributed by atoms with Gasteiger partial charge in [0.05, 0.1) is 0 Å². The summed E-state index contributed by atoms with van der Waals surface area (Å²) in [6.07, 6.45) is 2.16. The van der Waals surface area contributed by atoms with Gasteiger partial charge in [-0.1, -0.05) is 115 Å². The largest absolute Gasteiger partial charge is 0.0619 e. The van der Waals surface area contributed by atoms with Crippen molar-refractivity contribution in [2.45, 2.75) is 12.8 Å². The molecule has 2 aliphatic carbocycles. The second kappa shape index (κ2) is 7.71. The molecule has 160 valence electrons. The summed E-state index contributed by atoms with van der Waals surface area (Å²) in [4.78, 5) is 0.